The first-order valence-corrected chi connectivity index (χ1v) is 17.2. The van der Waals surface area contributed by atoms with Crippen LogP contribution in [0.3, 0.4) is 0 Å². The van der Waals surface area contributed by atoms with Crippen molar-refractivity contribution in [2.75, 3.05) is 6.61 Å². The molecule has 0 saturated heterocycles. The van der Waals surface area contributed by atoms with E-state index in [0.717, 1.165) is 12.8 Å². The summed E-state index contributed by atoms with van der Waals surface area (Å²) in [5.74, 6) is 0. The van der Waals surface area contributed by atoms with Gasteiger partial charge < -0.3 is 0 Å². The molecule has 0 aromatic heterocycles. The molecule has 0 heterocycles. The Morgan fingerprint density at radius 3 is 1.65 bits per heavy atom. The molecule has 0 bridgehead atoms. The Bertz CT molecular complexity index is 209. The van der Waals surface area contributed by atoms with Crippen LogP contribution in [0.2, 0.25) is 39.3 Å². The topological polar surface area (TPSA) is 47.9 Å². The van der Waals surface area contributed by atoms with Crippen LogP contribution in [0.5, 0.6) is 0 Å². The van der Waals surface area contributed by atoms with Crippen molar-refractivity contribution in [3.05, 3.63) is 0 Å². The van der Waals surface area contributed by atoms with Crippen LogP contribution in [0.4, 0.5) is 0 Å². The number of hydrogen-bond acceptors (Lipinski definition) is 4. The first-order chi connectivity index (χ1) is 7.47. The van der Waals surface area contributed by atoms with Gasteiger partial charge in [0.25, 0.3) is 0 Å². The average molecular weight is 360 g/mol. The van der Waals surface area contributed by atoms with Crippen molar-refractivity contribution in [2.24, 2.45) is 0 Å². The molecule has 0 aromatic carbocycles. The molecule has 0 aliphatic rings. The molecule has 0 radical (unpaired) electrons. The van der Waals surface area contributed by atoms with Gasteiger partial charge >= 0.3 is 115 Å². The van der Waals surface area contributed by atoms with Crippen molar-refractivity contribution >= 4 is 16.6 Å². The number of hydrogen-bond donors (Lipinski definition) is 1. The molecule has 0 atom stereocenters. The molecular weight excluding hydrogens is 332 g/mol. The summed E-state index contributed by atoms with van der Waals surface area (Å²) < 4.78 is 27.8. The zero-order valence-corrected chi connectivity index (χ0v) is 16.8. The fourth-order valence-electron chi connectivity index (χ4n) is 1.20. The van der Waals surface area contributed by atoms with E-state index in [1.807, 2.05) is 39.3 Å². The predicted octanol–water partition coefficient (Wildman–Crippen LogP) is 3.31. The number of unbranched alkanes of at least 4 members (excludes halogenated alkanes) is 1. The van der Waals surface area contributed by atoms with Crippen molar-refractivity contribution in [1.29, 1.82) is 0 Å². The summed E-state index contributed by atoms with van der Waals surface area (Å²) in [6, 6.07) is 0. The van der Waals surface area contributed by atoms with Crippen LogP contribution in [-0.4, -0.2) is 26.4 Å². The first kappa shape index (κ1) is 18.2. The Balaban J connectivity index is 4.57. The molecule has 0 amide bonds. The Kier molecular flexibility index (Phi) is 7.56. The Morgan fingerprint density at radius 2 is 1.35 bits per heavy atom. The molecule has 0 saturated carbocycles. The molecular formula is C10H28O4Si2Zr. The molecule has 7 heteroatoms. The Hall–Kier alpha value is 1.16. The van der Waals surface area contributed by atoms with E-state index in [1.54, 1.807) is 0 Å². The van der Waals surface area contributed by atoms with Crippen molar-refractivity contribution < 1.29 is 33.0 Å². The van der Waals surface area contributed by atoms with E-state index in [9.17, 15) is 3.18 Å². The van der Waals surface area contributed by atoms with Crippen molar-refractivity contribution in [3.8, 4) is 0 Å². The summed E-state index contributed by atoms with van der Waals surface area (Å²) in [4.78, 5) is 0. The van der Waals surface area contributed by atoms with Gasteiger partial charge in [-0.1, -0.05) is 0 Å². The normalized spacial score (nSPS) is 14.1. The molecule has 0 fully saturated rings. The second-order valence-electron chi connectivity index (χ2n) is 6.15. The van der Waals surface area contributed by atoms with Crippen LogP contribution in [-0.2, 0) is 29.8 Å². The summed E-state index contributed by atoms with van der Waals surface area (Å²) in [5, 5.41) is 0. The third-order valence-electron chi connectivity index (χ3n) is 1.65. The monoisotopic (exact) mass is 358 g/mol. The van der Waals surface area contributed by atoms with Crippen LogP contribution < -0.4 is 0 Å². The van der Waals surface area contributed by atoms with Gasteiger partial charge in [0, 0.05) is 0 Å². The van der Waals surface area contributed by atoms with E-state index in [1.165, 1.54) is 0 Å². The van der Waals surface area contributed by atoms with E-state index >= 15 is 0 Å². The predicted molar refractivity (Wildman–Crippen MR) is 71.9 cm³/mol. The maximum atomic E-state index is 10.5. The summed E-state index contributed by atoms with van der Waals surface area (Å²) >= 11 is -4.24. The Morgan fingerprint density at radius 1 is 0.941 bits per heavy atom. The molecule has 0 unspecified atom stereocenters. The van der Waals surface area contributed by atoms with Gasteiger partial charge in [0.15, 0.2) is 0 Å². The summed E-state index contributed by atoms with van der Waals surface area (Å²) in [7, 11) is -3.67. The van der Waals surface area contributed by atoms with Gasteiger partial charge in [-0.15, -0.1) is 0 Å². The molecule has 1 N–H and O–H groups in total. The second-order valence-corrected chi connectivity index (χ2v) is 21.3. The molecule has 104 valence electrons. The van der Waals surface area contributed by atoms with Crippen LogP contribution in [0.1, 0.15) is 19.8 Å². The first-order valence-electron chi connectivity index (χ1n) is 6.24. The van der Waals surface area contributed by atoms with Crippen LogP contribution in [0, 0.1) is 0 Å². The van der Waals surface area contributed by atoms with Crippen LogP contribution in [0.25, 0.3) is 0 Å². The fraction of sp³-hybridized carbons (Fsp3) is 1.00. The van der Waals surface area contributed by atoms with Crippen molar-refractivity contribution in [1.82, 2.24) is 0 Å². The molecule has 17 heavy (non-hydrogen) atoms. The molecule has 0 aliphatic carbocycles. The van der Waals surface area contributed by atoms with Gasteiger partial charge in [-0.2, -0.15) is 0 Å². The van der Waals surface area contributed by atoms with Crippen molar-refractivity contribution in [2.45, 2.75) is 59.0 Å². The van der Waals surface area contributed by atoms with Gasteiger partial charge in [0.05, 0.1) is 0 Å². The maximum absolute atomic E-state index is 10.5. The zero-order chi connectivity index (χ0) is 13.7. The second kappa shape index (κ2) is 7.08. The van der Waals surface area contributed by atoms with E-state index in [0.29, 0.717) is 6.61 Å². The van der Waals surface area contributed by atoms with Crippen molar-refractivity contribution in [3.63, 3.8) is 0 Å². The molecule has 0 rings (SSSR count). The van der Waals surface area contributed by atoms with E-state index in [-0.39, 0.29) is 0 Å². The summed E-state index contributed by atoms with van der Waals surface area (Å²) in [6.45, 7) is 14.9. The summed E-state index contributed by atoms with van der Waals surface area (Å²) in [5.41, 5.74) is 0. The van der Waals surface area contributed by atoms with E-state index in [4.69, 9.17) is 7.82 Å². The van der Waals surface area contributed by atoms with Gasteiger partial charge in [0.2, 0.25) is 0 Å². The van der Waals surface area contributed by atoms with Gasteiger partial charge in [-0.3, -0.25) is 0 Å². The minimum atomic E-state index is -4.24. The molecule has 0 spiro atoms. The fourth-order valence-corrected chi connectivity index (χ4v) is 17.2. The summed E-state index contributed by atoms with van der Waals surface area (Å²) in [6.07, 6.45) is 1.98. The van der Waals surface area contributed by atoms with Gasteiger partial charge in [-0.05, 0) is 0 Å². The quantitative estimate of drug-likeness (QED) is 0.533. The van der Waals surface area contributed by atoms with E-state index < -0.39 is 38.7 Å². The van der Waals surface area contributed by atoms with Gasteiger partial charge in [0.1, 0.15) is 0 Å². The average Bonchev–Trinajstić information content (AvgIpc) is 1.96. The standard InChI is InChI=1S/C4H9O.2C3H9OSi.H2O.Zr/c1-2-3-4-5;2*1-5(2,3)4;;/h2-4H2,1H3;2*1-3H3;1H2;/q3*-1;;+4/p-1. The SMILES string of the molecule is CCCC[O][Zr]([OH])([O][Si](C)(C)C)[O][Si](C)(C)C. The molecule has 4 nitrogen and oxygen atoms in total. The molecule has 0 aliphatic heterocycles. The Labute approximate surface area is 115 Å². The third-order valence-corrected chi connectivity index (χ3v) is 17.6. The number of rotatable bonds is 8. The third kappa shape index (κ3) is 10.7. The zero-order valence-electron chi connectivity index (χ0n) is 12.3. The van der Waals surface area contributed by atoms with Crippen LogP contribution in [0.15, 0.2) is 0 Å². The van der Waals surface area contributed by atoms with E-state index in [2.05, 4.69) is 6.92 Å². The van der Waals surface area contributed by atoms with Crippen LogP contribution >= 0.6 is 0 Å². The van der Waals surface area contributed by atoms with Gasteiger partial charge in [-0.25, -0.2) is 0 Å². The minimum absolute atomic E-state index is 0.540. The molecule has 0 aromatic rings.